The second-order valence-corrected chi connectivity index (χ2v) is 10.2. The van der Waals surface area contributed by atoms with Crippen molar-refractivity contribution in [1.29, 1.82) is 0 Å². The number of aryl methyl sites for hydroxylation is 1. The summed E-state index contributed by atoms with van der Waals surface area (Å²) in [5.41, 5.74) is 6.98. The fraction of sp³-hybridized carbons (Fsp3) is 0.250. The highest BCUT2D eigenvalue weighted by Gasteiger charge is 2.22. The van der Waals surface area contributed by atoms with Gasteiger partial charge < -0.3 is 14.6 Å². The Labute approximate surface area is 232 Å². The summed E-state index contributed by atoms with van der Waals surface area (Å²) in [6.45, 7) is 9.44. The van der Waals surface area contributed by atoms with E-state index in [4.69, 9.17) is 21.3 Å². The molecule has 0 amide bonds. The molecule has 8 heteroatoms. The lowest BCUT2D eigenvalue weighted by atomic mass is 9.93. The number of halogens is 1. The van der Waals surface area contributed by atoms with E-state index >= 15 is 0 Å². The summed E-state index contributed by atoms with van der Waals surface area (Å²) in [4.78, 5) is 18.2. The topological polar surface area (TPSA) is 68.7 Å². The Morgan fingerprint density at radius 1 is 1.02 bits per heavy atom. The molecule has 1 fully saturated rings. The number of ether oxygens (including phenoxy) is 1. The zero-order valence-electron chi connectivity index (χ0n) is 22.4. The lowest BCUT2D eigenvalue weighted by Gasteiger charge is -2.25. The van der Waals surface area contributed by atoms with Crippen molar-refractivity contribution in [1.82, 2.24) is 14.5 Å². The van der Waals surface area contributed by atoms with Crippen LogP contribution < -0.4 is 10.7 Å². The summed E-state index contributed by atoms with van der Waals surface area (Å²) >= 11 is 0. The highest BCUT2D eigenvalue weighted by Crippen LogP contribution is 2.32. The molecular formula is C32H29FN6O. The number of pyridine rings is 1. The molecule has 40 heavy (non-hydrogen) atoms. The zero-order chi connectivity index (χ0) is 27.6. The lowest BCUT2D eigenvalue weighted by molar-refractivity contribution is 0.0663. The summed E-state index contributed by atoms with van der Waals surface area (Å²) < 4.78 is 21.5. The van der Waals surface area contributed by atoms with Gasteiger partial charge in [0.15, 0.2) is 5.69 Å². The number of nitrogens with zero attached hydrogens (tertiary/aromatic N) is 5. The van der Waals surface area contributed by atoms with Crippen LogP contribution in [0.25, 0.3) is 33.0 Å². The van der Waals surface area contributed by atoms with E-state index in [9.17, 15) is 4.39 Å². The van der Waals surface area contributed by atoms with Crippen molar-refractivity contribution in [3.05, 3.63) is 101 Å². The summed E-state index contributed by atoms with van der Waals surface area (Å²) in [5, 5.41) is 4.33. The van der Waals surface area contributed by atoms with E-state index in [0.717, 1.165) is 70.7 Å². The van der Waals surface area contributed by atoms with Crippen LogP contribution in [0.15, 0.2) is 77.9 Å². The highest BCUT2D eigenvalue weighted by molar-refractivity contribution is 5.86. The number of benzene rings is 3. The average Bonchev–Trinajstić information content (AvgIpc) is 2.98. The van der Waals surface area contributed by atoms with Crippen LogP contribution >= 0.6 is 0 Å². The molecule has 0 saturated heterocycles. The molecule has 2 aromatic carbocycles. The summed E-state index contributed by atoms with van der Waals surface area (Å²) in [6.07, 6.45) is 5.96. The Morgan fingerprint density at radius 2 is 1.82 bits per heavy atom. The number of rotatable bonds is 5. The van der Waals surface area contributed by atoms with Gasteiger partial charge in [0.05, 0.1) is 64.1 Å². The molecule has 0 unspecified atom stereocenters. The zero-order valence-corrected chi connectivity index (χ0v) is 22.4. The monoisotopic (exact) mass is 532 g/mol. The van der Waals surface area contributed by atoms with Gasteiger partial charge in [-0.1, -0.05) is 6.07 Å². The minimum atomic E-state index is -0.303. The van der Waals surface area contributed by atoms with Crippen molar-refractivity contribution < 1.29 is 9.13 Å². The van der Waals surface area contributed by atoms with Gasteiger partial charge in [-0.05, 0) is 93.3 Å². The van der Waals surface area contributed by atoms with Crippen LogP contribution in [0.4, 0.5) is 21.5 Å². The van der Waals surface area contributed by atoms with Crippen molar-refractivity contribution in [3.63, 3.8) is 0 Å². The van der Waals surface area contributed by atoms with Crippen molar-refractivity contribution in [3.8, 4) is 17.1 Å². The number of aromatic nitrogens is 3. The van der Waals surface area contributed by atoms with Gasteiger partial charge >= 0.3 is 0 Å². The van der Waals surface area contributed by atoms with Crippen LogP contribution in [0.5, 0.6) is 0 Å². The minimum Gasteiger partial charge on any atom is -0.381 e. The normalized spacial score (nSPS) is 17.7. The molecule has 1 aliphatic heterocycles. The largest absolute Gasteiger partial charge is 0.381 e. The molecule has 1 saturated carbocycles. The lowest BCUT2D eigenvalue weighted by Crippen LogP contribution is -2.25. The fourth-order valence-electron chi connectivity index (χ4n) is 5.33. The molecule has 3 aliphatic rings. The molecule has 1 N–H and O–H groups in total. The predicted octanol–water partition coefficient (Wildman–Crippen LogP) is 7.13. The van der Waals surface area contributed by atoms with Gasteiger partial charge in [0, 0.05) is 18.5 Å². The summed E-state index contributed by atoms with van der Waals surface area (Å²) in [6, 6.07) is 20.1. The van der Waals surface area contributed by atoms with Crippen molar-refractivity contribution in [2.24, 2.45) is 4.99 Å². The van der Waals surface area contributed by atoms with E-state index in [1.807, 2.05) is 37.4 Å². The second-order valence-electron chi connectivity index (χ2n) is 10.2. The second kappa shape index (κ2) is 10.9. The van der Waals surface area contributed by atoms with E-state index in [1.54, 1.807) is 31.4 Å². The Balaban J connectivity index is 1.59. The highest BCUT2D eigenvalue weighted by atomic mass is 19.1. The number of anilines is 2. The van der Waals surface area contributed by atoms with Crippen LogP contribution in [0.2, 0.25) is 0 Å². The van der Waals surface area contributed by atoms with E-state index in [2.05, 4.69) is 25.8 Å². The van der Waals surface area contributed by atoms with Gasteiger partial charge in [0.25, 0.3) is 0 Å². The van der Waals surface area contributed by atoms with E-state index in [-0.39, 0.29) is 18.0 Å². The standard InChI is InChI=1S/C32H29FN6O/c1-20-4-7-24(19-35-20)37-27-17-30-32(18-28(27)36-22-8-13-26(40-3)14-9-22)39(25-11-5-21(33)6-12-25)31-15-10-23(34-2)16-29(31)38-30/h4-7,10-12,15-19,22,26,37H,8-9,13-14H2,1,3H3/b36-28+. The molecule has 2 aliphatic carbocycles. The summed E-state index contributed by atoms with van der Waals surface area (Å²) in [7, 11) is 1.77. The third kappa shape index (κ3) is 5.16. The number of fused-ring (bicyclic) bond motifs is 2. The average molecular weight is 533 g/mol. The molecule has 2 heterocycles. The number of methoxy groups -OCH3 is 1. The number of hydrogen-bond acceptors (Lipinski definition) is 5. The predicted molar refractivity (Wildman–Crippen MR) is 155 cm³/mol. The molecule has 1 aromatic heterocycles. The smallest absolute Gasteiger partial charge is 0.189 e. The molecule has 0 radical (unpaired) electrons. The molecular weight excluding hydrogens is 503 g/mol. The Kier molecular flexibility index (Phi) is 6.97. The van der Waals surface area contributed by atoms with E-state index in [0.29, 0.717) is 11.2 Å². The van der Waals surface area contributed by atoms with Crippen LogP contribution in [0.1, 0.15) is 31.4 Å². The van der Waals surface area contributed by atoms with Crippen molar-refractivity contribution in [2.45, 2.75) is 44.8 Å². The third-order valence-electron chi connectivity index (χ3n) is 7.48. The number of nitrogens with one attached hydrogen (secondary N) is 1. The maximum atomic E-state index is 13.9. The Hall–Kier alpha value is -4.61. The Morgan fingerprint density at radius 3 is 2.52 bits per heavy atom. The quantitative estimate of drug-likeness (QED) is 0.193. The SMILES string of the molecule is [C-]#[N+]c1ccc2c(c1)nc1cc(Nc3ccc(C)nc3)/c(=N/C3CCC(OC)CC3)cc-1n2-c1ccc(F)cc1. The first kappa shape index (κ1) is 25.7. The molecule has 7 nitrogen and oxygen atoms in total. The first-order chi connectivity index (χ1) is 19.5. The van der Waals surface area contributed by atoms with Gasteiger partial charge in [0.1, 0.15) is 5.82 Å². The van der Waals surface area contributed by atoms with Crippen molar-refractivity contribution in [2.75, 3.05) is 12.4 Å². The molecule has 0 spiro atoms. The third-order valence-corrected chi connectivity index (χ3v) is 7.48. The van der Waals surface area contributed by atoms with Crippen LogP contribution in [0, 0.1) is 19.3 Å². The van der Waals surface area contributed by atoms with Crippen LogP contribution in [-0.4, -0.2) is 33.8 Å². The van der Waals surface area contributed by atoms with E-state index < -0.39 is 0 Å². The molecule has 0 bridgehead atoms. The van der Waals surface area contributed by atoms with Gasteiger partial charge in [-0.2, -0.15) is 0 Å². The van der Waals surface area contributed by atoms with Gasteiger partial charge in [-0.25, -0.2) is 14.2 Å². The molecule has 0 atom stereocenters. The minimum absolute atomic E-state index is 0.175. The van der Waals surface area contributed by atoms with Crippen LogP contribution in [0.3, 0.4) is 0 Å². The van der Waals surface area contributed by atoms with Gasteiger partial charge in [0.2, 0.25) is 0 Å². The van der Waals surface area contributed by atoms with E-state index in [1.165, 1.54) is 12.1 Å². The number of hydrogen-bond donors (Lipinski definition) is 1. The molecule has 200 valence electrons. The maximum absolute atomic E-state index is 13.9. The van der Waals surface area contributed by atoms with Gasteiger partial charge in [-0.3, -0.25) is 9.98 Å². The van der Waals surface area contributed by atoms with Gasteiger partial charge in [-0.15, -0.1) is 0 Å². The first-order valence-corrected chi connectivity index (χ1v) is 13.4. The fourth-order valence-corrected chi connectivity index (χ4v) is 5.33. The molecule has 3 aromatic rings. The first-order valence-electron chi connectivity index (χ1n) is 13.4. The maximum Gasteiger partial charge on any atom is 0.189 e. The Bertz CT molecular complexity index is 1750. The molecule has 6 rings (SSSR count). The summed E-state index contributed by atoms with van der Waals surface area (Å²) in [5.74, 6) is -0.303. The van der Waals surface area contributed by atoms with Crippen LogP contribution in [-0.2, 0) is 4.74 Å². The van der Waals surface area contributed by atoms with Crippen molar-refractivity contribution >= 4 is 28.1 Å².